The summed E-state index contributed by atoms with van der Waals surface area (Å²) >= 11 is 4.85. The summed E-state index contributed by atoms with van der Waals surface area (Å²) in [4.78, 5) is 30.5. The Morgan fingerprint density at radius 1 is 1.23 bits per heavy atom. The molecule has 2 aromatic carbocycles. The van der Waals surface area contributed by atoms with Crippen LogP contribution in [-0.2, 0) is 11.3 Å². The second-order valence-corrected chi connectivity index (χ2v) is 9.49. The number of rotatable bonds is 6. The molecule has 0 saturated carbocycles. The SMILES string of the molecule is O=C(O)Cn1c(SCC2CCCN(C(=O)c3ccc(Br)cc3)C2)nc2cc(F)ccc21. The highest BCUT2D eigenvalue weighted by molar-refractivity contribution is 9.10. The van der Waals surface area contributed by atoms with Crippen LogP contribution in [0.4, 0.5) is 4.39 Å². The Balaban J connectivity index is 1.46. The van der Waals surface area contributed by atoms with Crippen LogP contribution in [0, 0.1) is 11.7 Å². The summed E-state index contributed by atoms with van der Waals surface area (Å²) in [7, 11) is 0. The number of halogens is 2. The fourth-order valence-corrected chi connectivity index (χ4v) is 5.23. The smallest absolute Gasteiger partial charge is 0.323 e. The number of carbonyl (C=O) groups excluding carboxylic acids is 1. The van der Waals surface area contributed by atoms with E-state index in [0.717, 1.165) is 23.9 Å². The van der Waals surface area contributed by atoms with Gasteiger partial charge in [0.1, 0.15) is 12.4 Å². The molecule has 4 rings (SSSR count). The van der Waals surface area contributed by atoms with Crippen molar-refractivity contribution in [3.05, 3.63) is 58.3 Å². The number of amides is 1. The van der Waals surface area contributed by atoms with Crippen molar-refractivity contribution in [3.8, 4) is 0 Å². The minimum absolute atomic E-state index is 0.0239. The van der Waals surface area contributed by atoms with Gasteiger partial charge >= 0.3 is 5.97 Å². The molecule has 0 bridgehead atoms. The molecule has 1 atom stereocenters. The molecule has 2 heterocycles. The fraction of sp³-hybridized carbons (Fsp3) is 0.318. The Morgan fingerprint density at radius 3 is 2.74 bits per heavy atom. The van der Waals surface area contributed by atoms with E-state index >= 15 is 0 Å². The molecule has 31 heavy (non-hydrogen) atoms. The zero-order valence-electron chi connectivity index (χ0n) is 16.6. The monoisotopic (exact) mass is 505 g/mol. The van der Waals surface area contributed by atoms with Gasteiger partial charge in [0.2, 0.25) is 0 Å². The van der Waals surface area contributed by atoms with Crippen molar-refractivity contribution >= 4 is 50.6 Å². The topological polar surface area (TPSA) is 75.4 Å². The Bertz CT molecular complexity index is 1120. The van der Waals surface area contributed by atoms with E-state index in [-0.39, 0.29) is 18.4 Å². The summed E-state index contributed by atoms with van der Waals surface area (Å²) < 4.78 is 16.1. The van der Waals surface area contributed by atoms with E-state index in [4.69, 9.17) is 0 Å². The number of carboxylic acids is 1. The number of fused-ring (bicyclic) bond motifs is 1. The Morgan fingerprint density at radius 2 is 2.00 bits per heavy atom. The van der Waals surface area contributed by atoms with E-state index in [2.05, 4.69) is 20.9 Å². The molecule has 6 nitrogen and oxygen atoms in total. The van der Waals surface area contributed by atoms with Gasteiger partial charge in [0.25, 0.3) is 5.91 Å². The number of carboxylic acid groups (broad SMARTS) is 1. The van der Waals surface area contributed by atoms with Crippen LogP contribution < -0.4 is 0 Å². The molecule has 1 aliphatic rings. The summed E-state index contributed by atoms with van der Waals surface area (Å²) in [5.74, 6) is -0.383. The fourth-order valence-electron chi connectivity index (χ4n) is 3.83. The van der Waals surface area contributed by atoms with Gasteiger partial charge in [-0.15, -0.1) is 0 Å². The predicted octanol–water partition coefficient (Wildman–Crippen LogP) is 4.67. The molecule has 1 saturated heterocycles. The highest BCUT2D eigenvalue weighted by atomic mass is 79.9. The van der Waals surface area contributed by atoms with Crippen LogP contribution in [0.3, 0.4) is 0 Å². The third-order valence-corrected chi connectivity index (χ3v) is 7.05. The molecule has 0 radical (unpaired) electrons. The molecule has 9 heteroatoms. The van der Waals surface area contributed by atoms with Crippen molar-refractivity contribution in [1.82, 2.24) is 14.5 Å². The number of thioether (sulfide) groups is 1. The molecule has 1 unspecified atom stereocenters. The van der Waals surface area contributed by atoms with E-state index < -0.39 is 11.8 Å². The van der Waals surface area contributed by atoms with E-state index in [1.165, 1.54) is 23.9 Å². The van der Waals surface area contributed by atoms with Gasteiger partial charge < -0.3 is 14.6 Å². The molecule has 0 aliphatic carbocycles. The standard InChI is InChI=1S/C22H21BrFN3O3S/c23-16-5-3-15(4-6-16)21(30)26-9-1-2-14(11-26)13-31-22-25-18-10-17(24)7-8-19(18)27(22)12-20(28)29/h3-8,10,14H,1-2,9,11-13H2,(H,28,29). The van der Waals surface area contributed by atoms with Crippen LogP contribution in [0.15, 0.2) is 52.1 Å². The lowest BCUT2D eigenvalue weighted by Gasteiger charge is -2.32. The van der Waals surface area contributed by atoms with Crippen molar-refractivity contribution < 1.29 is 19.1 Å². The van der Waals surface area contributed by atoms with E-state index in [1.807, 2.05) is 29.2 Å². The summed E-state index contributed by atoms with van der Waals surface area (Å²) in [6, 6.07) is 11.5. The molecule has 1 N–H and O–H groups in total. The highest BCUT2D eigenvalue weighted by Crippen LogP contribution is 2.29. The lowest BCUT2D eigenvalue weighted by molar-refractivity contribution is -0.137. The van der Waals surface area contributed by atoms with E-state index in [9.17, 15) is 19.1 Å². The lowest BCUT2D eigenvalue weighted by atomic mass is 9.99. The number of benzene rings is 2. The van der Waals surface area contributed by atoms with E-state index in [0.29, 0.717) is 34.1 Å². The molecule has 1 aromatic heterocycles. The van der Waals surface area contributed by atoms with Gasteiger partial charge in [-0.3, -0.25) is 9.59 Å². The first-order valence-electron chi connectivity index (χ1n) is 9.96. The van der Waals surface area contributed by atoms with Crippen LogP contribution in [0.1, 0.15) is 23.2 Å². The third kappa shape index (κ3) is 5.10. The Hall–Kier alpha value is -2.39. The largest absolute Gasteiger partial charge is 0.480 e. The van der Waals surface area contributed by atoms with Crippen LogP contribution >= 0.6 is 27.7 Å². The number of hydrogen-bond donors (Lipinski definition) is 1. The predicted molar refractivity (Wildman–Crippen MR) is 121 cm³/mol. The molecule has 1 fully saturated rings. The average Bonchev–Trinajstić information content (AvgIpc) is 3.08. The number of nitrogens with zero attached hydrogens (tertiary/aromatic N) is 3. The quantitative estimate of drug-likeness (QED) is 0.492. The zero-order chi connectivity index (χ0) is 22.0. The number of hydrogen-bond acceptors (Lipinski definition) is 4. The Labute approximate surface area is 191 Å². The molecule has 0 spiro atoms. The number of aromatic nitrogens is 2. The van der Waals surface area contributed by atoms with Crippen LogP contribution in [-0.4, -0.2) is 50.3 Å². The number of imidazole rings is 1. The molecular formula is C22H21BrFN3O3S. The number of piperidine rings is 1. The normalized spacial score (nSPS) is 16.6. The number of likely N-dealkylation sites (tertiary alicyclic amines) is 1. The van der Waals surface area contributed by atoms with Crippen LogP contribution in [0.2, 0.25) is 0 Å². The molecule has 162 valence electrons. The third-order valence-electron chi connectivity index (χ3n) is 5.31. The van der Waals surface area contributed by atoms with Gasteiger partial charge in [-0.2, -0.15) is 0 Å². The summed E-state index contributed by atoms with van der Waals surface area (Å²) in [6.07, 6.45) is 1.91. The minimum Gasteiger partial charge on any atom is -0.480 e. The summed E-state index contributed by atoms with van der Waals surface area (Å²) in [5, 5.41) is 9.84. The first-order valence-corrected chi connectivity index (χ1v) is 11.7. The van der Waals surface area contributed by atoms with Gasteiger partial charge in [0, 0.05) is 34.9 Å². The summed E-state index contributed by atoms with van der Waals surface area (Å²) in [6.45, 7) is 1.14. The Kier molecular flexibility index (Phi) is 6.62. The molecule has 3 aromatic rings. The second kappa shape index (κ2) is 9.40. The zero-order valence-corrected chi connectivity index (χ0v) is 19.0. The van der Waals surface area contributed by atoms with Crippen molar-refractivity contribution in [3.63, 3.8) is 0 Å². The van der Waals surface area contributed by atoms with Gasteiger partial charge in [-0.1, -0.05) is 27.7 Å². The first-order chi connectivity index (χ1) is 14.9. The maximum atomic E-state index is 13.6. The lowest BCUT2D eigenvalue weighted by Crippen LogP contribution is -2.40. The van der Waals surface area contributed by atoms with Crippen LogP contribution in [0.5, 0.6) is 0 Å². The molecule has 1 amide bonds. The average molecular weight is 506 g/mol. The molecular weight excluding hydrogens is 485 g/mol. The van der Waals surface area contributed by atoms with Crippen molar-refractivity contribution in [2.75, 3.05) is 18.8 Å². The van der Waals surface area contributed by atoms with Gasteiger partial charge in [-0.05, 0) is 55.2 Å². The highest BCUT2D eigenvalue weighted by Gasteiger charge is 2.25. The first kappa shape index (κ1) is 21.8. The number of carbonyl (C=O) groups is 2. The minimum atomic E-state index is -0.977. The maximum Gasteiger partial charge on any atom is 0.323 e. The van der Waals surface area contributed by atoms with Gasteiger partial charge in [0.05, 0.1) is 11.0 Å². The van der Waals surface area contributed by atoms with Crippen molar-refractivity contribution in [1.29, 1.82) is 0 Å². The van der Waals surface area contributed by atoms with Gasteiger partial charge in [-0.25, -0.2) is 9.37 Å². The van der Waals surface area contributed by atoms with Crippen LogP contribution in [0.25, 0.3) is 11.0 Å². The maximum absolute atomic E-state index is 13.6. The van der Waals surface area contributed by atoms with Crippen molar-refractivity contribution in [2.24, 2.45) is 5.92 Å². The van der Waals surface area contributed by atoms with Crippen molar-refractivity contribution in [2.45, 2.75) is 24.5 Å². The second-order valence-electron chi connectivity index (χ2n) is 7.58. The van der Waals surface area contributed by atoms with Gasteiger partial charge in [0.15, 0.2) is 5.16 Å². The number of aliphatic carboxylic acids is 1. The summed E-state index contributed by atoms with van der Waals surface area (Å²) in [5.41, 5.74) is 1.71. The molecule has 1 aliphatic heterocycles. The van der Waals surface area contributed by atoms with E-state index in [1.54, 1.807) is 10.6 Å².